The fraction of sp³-hybridized carbons (Fsp3) is 0.176. The van der Waals surface area contributed by atoms with E-state index < -0.39 is 11.7 Å². The molecule has 2 aromatic heterocycles. The number of methoxy groups -OCH3 is 2. The fourth-order valence-electron chi connectivity index (χ4n) is 2.35. The molecule has 0 spiro atoms. The molecule has 26 heavy (non-hydrogen) atoms. The van der Waals surface area contributed by atoms with Crippen LogP contribution in [0.1, 0.15) is 16.1 Å². The highest BCUT2D eigenvalue weighted by atomic mass is 32.1. The maximum atomic E-state index is 14.7. The lowest BCUT2D eigenvalue weighted by molar-refractivity contribution is 0.102. The van der Waals surface area contributed by atoms with Crippen LogP contribution in [0.15, 0.2) is 30.5 Å². The van der Waals surface area contributed by atoms with Crippen molar-refractivity contribution >= 4 is 22.4 Å². The molecule has 0 aliphatic rings. The van der Waals surface area contributed by atoms with Crippen LogP contribution in [0, 0.1) is 12.7 Å². The van der Waals surface area contributed by atoms with Gasteiger partial charge in [0.25, 0.3) is 11.1 Å². The summed E-state index contributed by atoms with van der Waals surface area (Å²) < 4.78 is 24.7. The minimum Gasteiger partial charge on any atom is -0.494 e. The standard InChI is InChI=1S/C17H15FN4O3S/c1-9-7-11(10-5-4-6-13(24-2)14(10)18)12(8-19-9)15(23)20-16-21-22-17(25-3)26-16/h4-8H,1-3H3,(H,20,21,23). The molecular formula is C17H15FN4O3S. The monoisotopic (exact) mass is 374 g/mol. The Kier molecular flexibility index (Phi) is 5.08. The molecule has 1 amide bonds. The number of carbonyl (C=O) groups is 1. The molecule has 0 aliphatic carbocycles. The number of anilines is 1. The van der Waals surface area contributed by atoms with Gasteiger partial charge in [0, 0.05) is 23.0 Å². The number of aromatic nitrogens is 3. The molecule has 0 fully saturated rings. The van der Waals surface area contributed by atoms with E-state index in [2.05, 4.69) is 20.5 Å². The van der Waals surface area contributed by atoms with Gasteiger partial charge in [-0.25, -0.2) is 4.39 Å². The average Bonchev–Trinajstić information content (AvgIpc) is 3.09. The lowest BCUT2D eigenvalue weighted by Gasteiger charge is -2.12. The first-order valence-electron chi connectivity index (χ1n) is 7.52. The van der Waals surface area contributed by atoms with Gasteiger partial charge < -0.3 is 9.47 Å². The first-order valence-corrected chi connectivity index (χ1v) is 8.33. The second-order valence-electron chi connectivity index (χ2n) is 5.22. The first kappa shape index (κ1) is 17.7. The van der Waals surface area contributed by atoms with Crippen molar-refractivity contribution in [1.82, 2.24) is 15.2 Å². The molecule has 0 unspecified atom stereocenters. The largest absolute Gasteiger partial charge is 0.494 e. The van der Waals surface area contributed by atoms with Gasteiger partial charge in [-0.2, -0.15) is 0 Å². The highest BCUT2D eigenvalue weighted by molar-refractivity contribution is 7.17. The maximum Gasteiger partial charge on any atom is 0.295 e. The molecule has 7 nitrogen and oxygen atoms in total. The predicted octanol–water partition coefficient (Wildman–Crippen LogP) is 3.32. The van der Waals surface area contributed by atoms with Gasteiger partial charge in [0.1, 0.15) is 0 Å². The number of hydrogen-bond donors (Lipinski definition) is 1. The minimum atomic E-state index is -0.549. The molecule has 0 atom stereocenters. The minimum absolute atomic E-state index is 0.0946. The summed E-state index contributed by atoms with van der Waals surface area (Å²) in [7, 11) is 2.84. The molecule has 0 radical (unpaired) electrons. The Morgan fingerprint density at radius 3 is 2.69 bits per heavy atom. The normalized spacial score (nSPS) is 10.5. The number of aryl methyl sites for hydroxylation is 1. The van der Waals surface area contributed by atoms with Gasteiger partial charge in [-0.1, -0.05) is 17.2 Å². The van der Waals surface area contributed by atoms with Gasteiger partial charge >= 0.3 is 0 Å². The van der Waals surface area contributed by atoms with E-state index in [9.17, 15) is 9.18 Å². The van der Waals surface area contributed by atoms with Crippen molar-refractivity contribution in [3.05, 3.63) is 47.5 Å². The smallest absolute Gasteiger partial charge is 0.295 e. The van der Waals surface area contributed by atoms with Crippen LogP contribution in [0.3, 0.4) is 0 Å². The zero-order chi connectivity index (χ0) is 18.7. The number of ether oxygens (including phenoxy) is 2. The van der Waals surface area contributed by atoms with E-state index in [1.54, 1.807) is 25.1 Å². The number of nitrogens with zero attached hydrogens (tertiary/aromatic N) is 3. The number of amides is 1. The molecule has 0 bridgehead atoms. The van der Waals surface area contributed by atoms with Crippen molar-refractivity contribution in [2.75, 3.05) is 19.5 Å². The molecule has 0 saturated carbocycles. The Morgan fingerprint density at radius 2 is 2.00 bits per heavy atom. The molecule has 0 aliphatic heterocycles. The number of benzene rings is 1. The third kappa shape index (κ3) is 3.47. The number of rotatable bonds is 5. The highest BCUT2D eigenvalue weighted by Crippen LogP contribution is 2.32. The van der Waals surface area contributed by atoms with Crippen LogP contribution in [0.25, 0.3) is 11.1 Å². The van der Waals surface area contributed by atoms with Crippen molar-refractivity contribution < 1.29 is 18.7 Å². The van der Waals surface area contributed by atoms with Crippen LogP contribution >= 0.6 is 11.3 Å². The first-order chi connectivity index (χ1) is 12.5. The Balaban J connectivity index is 2.02. The van der Waals surface area contributed by atoms with Crippen molar-refractivity contribution in [2.45, 2.75) is 6.92 Å². The maximum absolute atomic E-state index is 14.7. The summed E-state index contributed by atoms with van der Waals surface area (Å²) in [6, 6.07) is 6.40. The van der Waals surface area contributed by atoms with Gasteiger partial charge in [-0.15, -0.1) is 5.10 Å². The van der Waals surface area contributed by atoms with Gasteiger partial charge in [0.2, 0.25) is 5.13 Å². The van der Waals surface area contributed by atoms with E-state index in [1.807, 2.05) is 0 Å². The average molecular weight is 374 g/mol. The molecule has 0 saturated heterocycles. The van der Waals surface area contributed by atoms with E-state index in [-0.39, 0.29) is 22.0 Å². The Bertz CT molecular complexity index is 961. The highest BCUT2D eigenvalue weighted by Gasteiger charge is 2.20. The van der Waals surface area contributed by atoms with E-state index in [1.165, 1.54) is 26.5 Å². The van der Waals surface area contributed by atoms with Crippen molar-refractivity contribution in [1.29, 1.82) is 0 Å². The van der Waals surface area contributed by atoms with Crippen LogP contribution < -0.4 is 14.8 Å². The van der Waals surface area contributed by atoms with Crippen LogP contribution in [0.5, 0.6) is 10.9 Å². The number of carbonyl (C=O) groups excluding carboxylic acids is 1. The van der Waals surface area contributed by atoms with Crippen molar-refractivity contribution in [3.63, 3.8) is 0 Å². The summed E-state index contributed by atoms with van der Waals surface area (Å²) in [5.41, 5.74) is 1.51. The van der Waals surface area contributed by atoms with Crippen molar-refractivity contribution in [2.24, 2.45) is 0 Å². The number of nitrogens with one attached hydrogen (secondary N) is 1. The SMILES string of the molecule is COc1nnc(NC(=O)c2cnc(C)cc2-c2cccc(OC)c2F)s1. The summed E-state index contributed by atoms with van der Waals surface area (Å²) in [5, 5.41) is 10.8. The zero-order valence-electron chi connectivity index (χ0n) is 14.2. The molecule has 2 heterocycles. The summed E-state index contributed by atoms with van der Waals surface area (Å²) in [6.45, 7) is 1.76. The summed E-state index contributed by atoms with van der Waals surface area (Å²) in [4.78, 5) is 16.8. The van der Waals surface area contributed by atoms with E-state index in [0.717, 1.165) is 11.3 Å². The Hall–Kier alpha value is -3.07. The summed E-state index contributed by atoms with van der Waals surface area (Å²) in [6.07, 6.45) is 1.40. The van der Waals surface area contributed by atoms with Gasteiger partial charge in [0.05, 0.1) is 19.8 Å². The zero-order valence-corrected chi connectivity index (χ0v) is 15.1. The van der Waals surface area contributed by atoms with E-state index in [4.69, 9.17) is 9.47 Å². The summed E-state index contributed by atoms with van der Waals surface area (Å²) in [5.74, 6) is -0.932. The number of halogens is 1. The molecule has 9 heteroatoms. The lowest BCUT2D eigenvalue weighted by atomic mass is 9.99. The Labute approximate surface area is 152 Å². The number of hydrogen-bond acceptors (Lipinski definition) is 7. The Morgan fingerprint density at radius 1 is 1.19 bits per heavy atom. The van der Waals surface area contributed by atoms with Crippen molar-refractivity contribution in [3.8, 4) is 22.1 Å². The van der Waals surface area contributed by atoms with Gasteiger partial charge in [-0.3, -0.25) is 15.1 Å². The topological polar surface area (TPSA) is 86.2 Å². The molecule has 3 rings (SSSR count). The second-order valence-corrected chi connectivity index (χ2v) is 6.16. The molecule has 3 aromatic rings. The van der Waals surface area contributed by atoms with Crippen LogP contribution in [-0.2, 0) is 0 Å². The van der Waals surface area contributed by atoms with Crippen LogP contribution in [-0.4, -0.2) is 35.3 Å². The second kappa shape index (κ2) is 7.44. The predicted molar refractivity (Wildman–Crippen MR) is 95.3 cm³/mol. The van der Waals surface area contributed by atoms with Gasteiger partial charge in [0.15, 0.2) is 11.6 Å². The van der Waals surface area contributed by atoms with Crippen LogP contribution in [0.2, 0.25) is 0 Å². The quantitative estimate of drug-likeness (QED) is 0.737. The molecular weight excluding hydrogens is 359 g/mol. The number of pyridine rings is 1. The molecule has 134 valence electrons. The van der Waals surface area contributed by atoms with E-state index in [0.29, 0.717) is 16.5 Å². The third-order valence-corrected chi connectivity index (χ3v) is 4.36. The molecule has 1 N–H and O–H groups in total. The van der Waals surface area contributed by atoms with Gasteiger partial charge in [-0.05, 0) is 30.4 Å². The summed E-state index contributed by atoms with van der Waals surface area (Å²) >= 11 is 1.08. The van der Waals surface area contributed by atoms with Crippen LogP contribution in [0.4, 0.5) is 9.52 Å². The fourth-order valence-corrected chi connectivity index (χ4v) is 2.90. The molecule has 1 aromatic carbocycles. The van der Waals surface area contributed by atoms with E-state index >= 15 is 0 Å². The lowest BCUT2D eigenvalue weighted by Crippen LogP contribution is -2.14. The third-order valence-electron chi connectivity index (χ3n) is 3.56.